The minimum Gasteiger partial charge on any atom is -0.496 e. The van der Waals surface area contributed by atoms with Gasteiger partial charge in [0.1, 0.15) is 17.4 Å². The van der Waals surface area contributed by atoms with Crippen molar-refractivity contribution in [1.29, 1.82) is 5.26 Å². The normalized spacial score (nSPS) is 10.2. The maximum atomic E-state index is 12.5. The van der Waals surface area contributed by atoms with E-state index >= 15 is 0 Å². The Bertz CT molecular complexity index is 1090. The van der Waals surface area contributed by atoms with Crippen LogP contribution >= 0.6 is 11.6 Å². The van der Waals surface area contributed by atoms with Crippen molar-refractivity contribution in [2.24, 2.45) is 0 Å². The number of nitrogens with one attached hydrogen (secondary N) is 1. The second-order valence-corrected chi connectivity index (χ2v) is 6.37. The van der Waals surface area contributed by atoms with E-state index in [2.05, 4.69) is 15.4 Å². The third-order valence-corrected chi connectivity index (χ3v) is 4.29. The molecule has 2 aromatic heterocycles. The van der Waals surface area contributed by atoms with Crippen molar-refractivity contribution in [3.63, 3.8) is 0 Å². The average molecular weight is 410 g/mol. The van der Waals surface area contributed by atoms with Gasteiger partial charge in [0.05, 0.1) is 18.9 Å². The lowest BCUT2D eigenvalue weighted by atomic mass is 10.1. The quantitative estimate of drug-likeness (QED) is 0.599. The van der Waals surface area contributed by atoms with E-state index in [1.807, 2.05) is 6.07 Å². The molecule has 9 heteroatoms. The summed E-state index contributed by atoms with van der Waals surface area (Å²) >= 11 is 5.95. The molecule has 1 amide bonds. The molecule has 0 fully saturated rings. The van der Waals surface area contributed by atoms with Crippen LogP contribution in [0.5, 0.6) is 5.75 Å². The first-order chi connectivity index (χ1) is 14.0. The zero-order valence-electron chi connectivity index (χ0n) is 15.4. The number of hydrogen-bond donors (Lipinski definition) is 1. The van der Waals surface area contributed by atoms with Gasteiger partial charge in [0.25, 0.3) is 0 Å². The third-order valence-electron chi connectivity index (χ3n) is 4.05. The predicted molar refractivity (Wildman–Crippen MR) is 106 cm³/mol. The first-order valence-electron chi connectivity index (χ1n) is 8.59. The van der Waals surface area contributed by atoms with Gasteiger partial charge in [-0.05, 0) is 30.3 Å². The smallest absolute Gasteiger partial charge is 0.226 e. The Hall–Kier alpha value is -3.70. The first-order valence-corrected chi connectivity index (χ1v) is 8.97. The van der Waals surface area contributed by atoms with E-state index in [4.69, 9.17) is 16.3 Å². The lowest BCUT2D eigenvalue weighted by Crippen LogP contribution is -2.17. The van der Waals surface area contributed by atoms with E-state index < -0.39 is 5.91 Å². The van der Waals surface area contributed by atoms with Gasteiger partial charge in [-0.25, -0.2) is 4.98 Å². The van der Waals surface area contributed by atoms with Crippen molar-refractivity contribution in [1.82, 2.24) is 14.8 Å². The largest absolute Gasteiger partial charge is 0.496 e. The fourth-order valence-electron chi connectivity index (χ4n) is 2.66. The minimum atomic E-state index is -0.437. The second-order valence-electron chi connectivity index (χ2n) is 5.93. The van der Waals surface area contributed by atoms with Crippen LogP contribution in [0.3, 0.4) is 0 Å². The molecule has 0 saturated heterocycles. The lowest BCUT2D eigenvalue weighted by molar-refractivity contribution is -0.116. The molecule has 29 heavy (non-hydrogen) atoms. The number of benzene rings is 1. The van der Waals surface area contributed by atoms with E-state index in [1.54, 1.807) is 36.5 Å². The Balaban J connectivity index is 1.72. The van der Waals surface area contributed by atoms with Crippen LogP contribution in [0.1, 0.15) is 28.8 Å². The number of anilines is 1. The van der Waals surface area contributed by atoms with Crippen LogP contribution in [0.15, 0.2) is 48.8 Å². The molecular weight excluding hydrogens is 394 g/mol. The fourth-order valence-corrected chi connectivity index (χ4v) is 2.83. The molecule has 0 atom stereocenters. The van der Waals surface area contributed by atoms with Crippen molar-refractivity contribution < 1.29 is 14.3 Å². The number of amides is 1. The number of pyridine rings is 1. The predicted octanol–water partition coefficient (Wildman–Crippen LogP) is 3.40. The van der Waals surface area contributed by atoms with E-state index in [1.165, 1.54) is 24.1 Å². The molecule has 2 heterocycles. The minimum absolute atomic E-state index is 0.0534. The molecule has 0 aliphatic carbocycles. The number of aromatic nitrogens is 3. The van der Waals surface area contributed by atoms with Gasteiger partial charge >= 0.3 is 0 Å². The topological polar surface area (TPSA) is 110 Å². The molecule has 0 aliphatic rings. The zero-order valence-corrected chi connectivity index (χ0v) is 16.2. The monoisotopic (exact) mass is 409 g/mol. The number of Topliss-reactive ketones (excluding diaryl/α,β-unsaturated/α-hetero) is 1. The van der Waals surface area contributed by atoms with Crippen LogP contribution in [0, 0.1) is 11.3 Å². The molecule has 8 nitrogen and oxygen atoms in total. The van der Waals surface area contributed by atoms with Gasteiger partial charge in [0.15, 0.2) is 17.4 Å². The number of carbonyl (C=O) groups is 2. The molecule has 146 valence electrons. The summed E-state index contributed by atoms with van der Waals surface area (Å²) in [6.45, 7) is 0. The first kappa shape index (κ1) is 20.0. The summed E-state index contributed by atoms with van der Waals surface area (Å²) in [4.78, 5) is 29.1. The number of halogens is 1. The number of rotatable bonds is 7. The van der Waals surface area contributed by atoms with E-state index in [0.29, 0.717) is 22.2 Å². The van der Waals surface area contributed by atoms with Crippen LogP contribution in [-0.4, -0.2) is 33.6 Å². The number of nitrogens with zero attached hydrogens (tertiary/aromatic N) is 4. The third kappa shape index (κ3) is 4.59. The van der Waals surface area contributed by atoms with Gasteiger partial charge in [-0.2, -0.15) is 15.0 Å². The number of methoxy groups -OCH3 is 1. The molecular formula is C20H16ClN5O3. The molecule has 1 N–H and O–H groups in total. The lowest BCUT2D eigenvalue weighted by Gasteiger charge is -2.10. The molecule has 0 spiro atoms. The summed E-state index contributed by atoms with van der Waals surface area (Å²) < 4.78 is 6.53. The Morgan fingerprint density at radius 2 is 2.10 bits per heavy atom. The highest BCUT2D eigenvalue weighted by Gasteiger charge is 2.18. The maximum Gasteiger partial charge on any atom is 0.226 e. The summed E-state index contributed by atoms with van der Waals surface area (Å²) in [5.74, 6) is 0.319. The second kappa shape index (κ2) is 8.99. The van der Waals surface area contributed by atoms with Crippen LogP contribution in [-0.2, 0) is 4.79 Å². The molecule has 0 unspecified atom stereocenters. The highest BCUT2D eigenvalue weighted by Crippen LogP contribution is 2.24. The zero-order chi connectivity index (χ0) is 20.8. The van der Waals surface area contributed by atoms with Gasteiger partial charge in [-0.3, -0.25) is 9.59 Å². The summed E-state index contributed by atoms with van der Waals surface area (Å²) in [7, 11) is 1.45. The van der Waals surface area contributed by atoms with Crippen LogP contribution < -0.4 is 10.1 Å². The number of ketones is 1. The van der Waals surface area contributed by atoms with Crippen LogP contribution in [0.4, 0.5) is 5.82 Å². The Morgan fingerprint density at radius 1 is 1.28 bits per heavy atom. The molecule has 1 aromatic carbocycles. The van der Waals surface area contributed by atoms with Gasteiger partial charge < -0.3 is 10.1 Å². The van der Waals surface area contributed by atoms with Crippen molar-refractivity contribution in [3.8, 4) is 17.6 Å². The van der Waals surface area contributed by atoms with E-state index in [0.717, 1.165) is 0 Å². The Kier molecular flexibility index (Phi) is 6.22. The maximum absolute atomic E-state index is 12.5. The number of nitriles is 1. The van der Waals surface area contributed by atoms with E-state index in [-0.39, 0.29) is 30.0 Å². The van der Waals surface area contributed by atoms with Crippen LogP contribution in [0.25, 0.3) is 5.82 Å². The average Bonchev–Trinajstić information content (AvgIpc) is 3.15. The molecule has 0 aliphatic heterocycles. The molecule has 0 saturated carbocycles. The Morgan fingerprint density at radius 3 is 2.79 bits per heavy atom. The van der Waals surface area contributed by atoms with Crippen molar-refractivity contribution >= 4 is 29.1 Å². The number of hydrogen-bond acceptors (Lipinski definition) is 6. The highest BCUT2D eigenvalue weighted by molar-refractivity contribution is 6.31. The Labute approximate surface area is 171 Å². The molecule has 0 radical (unpaired) electrons. The van der Waals surface area contributed by atoms with Crippen LogP contribution in [0.2, 0.25) is 5.02 Å². The standard InChI is InChI=1S/C20H16ClN5O3/c1-29-17-7-5-14(21)10-15(17)16(27)6-8-19(28)25-20-13(11-22)12-24-26(20)18-4-2-3-9-23-18/h2-5,7,9-10,12H,6,8H2,1H3,(H,25,28). The highest BCUT2D eigenvalue weighted by atomic mass is 35.5. The SMILES string of the molecule is COc1ccc(Cl)cc1C(=O)CCC(=O)Nc1c(C#N)cnn1-c1ccccn1. The van der Waals surface area contributed by atoms with Gasteiger partial charge in [-0.1, -0.05) is 17.7 Å². The van der Waals surface area contributed by atoms with Crippen molar-refractivity contribution in [3.05, 3.63) is 64.9 Å². The number of ether oxygens (including phenoxy) is 1. The van der Waals surface area contributed by atoms with Gasteiger partial charge in [-0.15, -0.1) is 0 Å². The number of carbonyl (C=O) groups excluding carboxylic acids is 2. The van der Waals surface area contributed by atoms with Gasteiger partial charge in [0.2, 0.25) is 5.91 Å². The summed E-state index contributed by atoms with van der Waals surface area (Å²) in [5.41, 5.74) is 0.496. The fraction of sp³-hybridized carbons (Fsp3) is 0.150. The van der Waals surface area contributed by atoms with Gasteiger partial charge in [0, 0.05) is 24.1 Å². The van der Waals surface area contributed by atoms with Crippen molar-refractivity contribution in [2.75, 3.05) is 12.4 Å². The summed E-state index contributed by atoms with van der Waals surface area (Å²) in [6.07, 6.45) is 2.77. The summed E-state index contributed by atoms with van der Waals surface area (Å²) in [6, 6.07) is 11.9. The molecule has 0 bridgehead atoms. The molecule has 3 aromatic rings. The van der Waals surface area contributed by atoms with Crippen molar-refractivity contribution in [2.45, 2.75) is 12.8 Å². The van der Waals surface area contributed by atoms with E-state index in [9.17, 15) is 14.9 Å². The molecule has 3 rings (SSSR count). The summed E-state index contributed by atoms with van der Waals surface area (Å²) in [5, 5.41) is 16.4.